The van der Waals surface area contributed by atoms with E-state index in [0.717, 1.165) is 41.3 Å². The lowest BCUT2D eigenvalue weighted by Crippen LogP contribution is -1.84. The molecule has 1 aromatic heterocycles. The Morgan fingerprint density at radius 3 is 2.18 bits per heavy atom. The summed E-state index contributed by atoms with van der Waals surface area (Å²) in [6.07, 6.45) is 5.95. The molecule has 0 aliphatic heterocycles. The summed E-state index contributed by atoms with van der Waals surface area (Å²) in [6, 6.07) is 20.4. The molecule has 22 heavy (non-hydrogen) atoms. The van der Waals surface area contributed by atoms with Gasteiger partial charge in [-0.1, -0.05) is 72.8 Å². The number of aryl methyl sites for hydroxylation is 1. The molecule has 3 rings (SSSR count). The van der Waals surface area contributed by atoms with E-state index >= 15 is 0 Å². The summed E-state index contributed by atoms with van der Waals surface area (Å²) in [5.74, 6) is 1.64. The molecule has 1 heterocycles. The van der Waals surface area contributed by atoms with Gasteiger partial charge >= 0.3 is 0 Å². The Balaban J connectivity index is 2.02. The van der Waals surface area contributed by atoms with Gasteiger partial charge < -0.3 is 4.42 Å². The largest absolute Gasteiger partial charge is 0.440 e. The molecule has 2 aromatic carbocycles. The summed E-state index contributed by atoms with van der Waals surface area (Å²) in [4.78, 5) is 4.73. The van der Waals surface area contributed by atoms with E-state index < -0.39 is 0 Å². The molecular weight excluding hydrogens is 270 g/mol. The predicted octanol–water partition coefficient (Wildman–Crippen LogP) is 5.52. The summed E-state index contributed by atoms with van der Waals surface area (Å²) in [7, 11) is 0. The monoisotopic (exact) mass is 289 g/mol. The maximum Gasteiger partial charge on any atom is 0.195 e. The molecule has 0 unspecified atom stereocenters. The number of aromatic nitrogens is 1. The van der Waals surface area contributed by atoms with E-state index in [1.165, 1.54) is 0 Å². The first-order valence-corrected chi connectivity index (χ1v) is 7.60. The van der Waals surface area contributed by atoms with Crippen LogP contribution in [0.3, 0.4) is 0 Å². The van der Waals surface area contributed by atoms with Crippen LogP contribution >= 0.6 is 0 Å². The van der Waals surface area contributed by atoms with Crippen molar-refractivity contribution in [2.75, 3.05) is 0 Å². The minimum atomic E-state index is 0.788. The third-order valence-corrected chi connectivity index (χ3v) is 3.52. The molecule has 0 radical (unpaired) electrons. The highest BCUT2D eigenvalue weighted by atomic mass is 16.4. The normalized spacial score (nSPS) is 11.1. The van der Waals surface area contributed by atoms with Crippen molar-refractivity contribution in [3.8, 4) is 22.6 Å². The standard InChI is InChI=1S/C20H19NO/c1-2-3-6-15-18-21-19(16-11-7-4-8-12-16)20(22-18)17-13-9-5-10-14-17/h2-5,7-14H,6,15H2,1H3. The van der Waals surface area contributed by atoms with Crippen molar-refractivity contribution >= 4 is 0 Å². The summed E-state index contributed by atoms with van der Waals surface area (Å²) in [5.41, 5.74) is 3.07. The summed E-state index contributed by atoms with van der Waals surface area (Å²) in [5, 5.41) is 0. The molecule has 0 bridgehead atoms. The topological polar surface area (TPSA) is 26.0 Å². The van der Waals surface area contributed by atoms with E-state index in [-0.39, 0.29) is 0 Å². The van der Waals surface area contributed by atoms with Gasteiger partial charge in [-0.05, 0) is 13.3 Å². The number of rotatable bonds is 5. The van der Waals surface area contributed by atoms with Gasteiger partial charge in [0, 0.05) is 17.5 Å². The molecule has 0 fully saturated rings. The first kappa shape index (κ1) is 14.3. The van der Waals surface area contributed by atoms with Crippen molar-refractivity contribution in [3.63, 3.8) is 0 Å². The molecule has 0 saturated carbocycles. The molecule has 3 aromatic rings. The molecule has 0 aliphatic rings. The third-order valence-electron chi connectivity index (χ3n) is 3.52. The Bertz CT molecular complexity index is 685. The van der Waals surface area contributed by atoms with E-state index in [9.17, 15) is 0 Å². The second-order valence-corrected chi connectivity index (χ2v) is 5.13. The number of hydrogen-bond acceptors (Lipinski definition) is 2. The first-order chi connectivity index (χ1) is 10.9. The lowest BCUT2D eigenvalue weighted by Gasteiger charge is -2.00. The van der Waals surface area contributed by atoms with Crippen molar-refractivity contribution in [3.05, 3.63) is 78.7 Å². The average Bonchev–Trinajstić information content (AvgIpc) is 3.01. The Kier molecular flexibility index (Phi) is 4.50. The highest BCUT2D eigenvalue weighted by molar-refractivity contribution is 5.76. The highest BCUT2D eigenvalue weighted by Crippen LogP contribution is 2.32. The minimum absolute atomic E-state index is 0.788. The van der Waals surface area contributed by atoms with Crippen LogP contribution in [0.15, 0.2) is 77.2 Å². The van der Waals surface area contributed by atoms with Crippen molar-refractivity contribution in [2.45, 2.75) is 19.8 Å². The van der Waals surface area contributed by atoms with Gasteiger partial charge in [0.1, 0.15) is 5.69 Å². The smallest absolute Gasteiger partial charge is 0.195 e. The van der Waals surface area contributed by atoms with Gasteiger partial charge in [0.2, 0.25) is 0 Å². The number of allylic oxidation sites excluding steroid dienone is 2. The molecule has 2 heteroatoms. The number of nitrogens with zero attached hydrogens (tertiary/aromatic N) is 1. The lowest BCUT2D eigenvalue weighted by molar-refractivity contribution is 0.507. The van der Waals surface area contributed by atoms with Gasteiger partial charge in [0.25, 0.3) is 0 Å². The maximum absolute atomic E-state index is 6.06. The fraction of sp³-hybridized carbons (Fsp3) is 0.150. The Labute approximate surface area is 131 Å². The molecule has 0 N–H and O–H groups in total. The van der Waals surface area contributed by atoms with E-state index in [4.69, 9.17) is 9.40 Å². The van der Waals surface area contributed by atoms with E-state index in [2.05, 4.69) is 36.4 Å². The number of oxazole rings is 1. The number of benzene rings is 2. The SMILES string of the molecule is CC=CCCc1nc(-c2ccccc2)c(-c2ccccc2)o1. The molecule has 0 atom stereocenters. The van der Waals surface area contributed by atoms with Crippen LogP contribution in [-0.2, 0) is 6.42 Å². The van der Waals surface area contributed by atoms with Crippen molar-refractivity contribution in [1.82, 2.24) is 4.98 Å². The molecule has 110 valence electrons. The molecule has 0 saturated heterocycles. The van der Waals surface area contributed by atoms with Gasteiger partial charge in [-0.2, -0.15) is 0 Å². The Morgan fingerprint density at radius 2 is 1.55 bits per heavy atom. The maximum atomic E-state index is 6.06. The van der Waals surface area contributed by atoms with Gasteiger partial charge in [-0.3, -0.25) is 0 Å². The molecule has 0 aliphatic carbocycles. The Morgan fingerprint density at radius 1 is 0.909 bits per heavy atom. The van der Waals surface area contributed by atoms with Gasteiger partial charge in [0.15, 0.2) is 11.7 Å². The van der Waals surface area contributed by atoms with Crippen LogP contribution in [0.5, 0.6) is 0 Å². The van der Waals surface area contributed by atoms with Gasteiger partial charge in [-0.25, -0.2) is 4.98 Å². The fourth-order valence-electron chi connectivity index (χ4n) is 2.42. The fourth-order valence-corrected chi connectivity index (χ4v) is 2.42. The third kappa shape index (κ3) is 3.17. The van der Waals surface area contributed by atoms with Crippen molar-refractivity contribution < 1.29 is 4.42 Å². The van der Waals surface area contributed by atoms with Crippen molar-refractivity contribution in [1.29, 1.82) is 0 Å². The zero-order valence-corrected chi connectivity index (χ0v) is 12.7. The summed E-state index contributed by atoms with van der Waals surface area (Å²) in [6.45, 7) is 2.03. The quantitative estimate of drug-likeness (QED) is 0.578. The van der Waals surface area contributed by atoms with Crippen LogP contribution in [0.25, 0.3) is 22.6 Å². The van der Waals surface area contributed by atoms with E-state index in [1.54, 1.807) is 0 Å². The highest BCUT2D eigenvalue weighted by Gasteiger charge is 2.16. The van der Waals surface area contributed by atoms with Gasteiger partial charge in [-0.15, -0.1) is 0 Å². The van der Waals surface area contributed by atoms with Crippen LogP contribution in [-0.4, -0.2) is 4.98 Å². The summed E-state index contributed by atoms with van der Waals surface area (Å²) < 4.78 is 6.06. The van der Waals surface area contributed by atoms with Gasteiger partial charge in [0.05, 0.1) is 0 Å². The van der Waals surface area contributed by atoms with E-state index in [1.807, 2.05) is 43.3 Å². The molecular formula is C20H19NO. The second-order valence-electron chi connectivity index (χ2n) is 5.13. The molecule has 0 amide bonds. The first-order valence-electron chi connectivity index (χ1n) is 7.60. The molecule has 0 spiro atoms. The van der Waals surface area contributed by atoms with Crippen LogP contribution in [0, 0.1) is 0 Å². The molecule has 2 nitrogen and oxygen atoms in total. The lowest BCUT2D eigenvalue weighted by atomic mass is 10.1. The minimum Gasteiger partial charge on any atom is -0.440 e. The zero-order chi connectivity index (χ0) is 15.2. The zero-order valence-electron chi connectivity index (χ0n) is 12.7. The van der Waals surface area contributed by atoms with Crippen LogP contribution < -0.4 is 0 Å². The van der Waals surface area contributed by atoms with Crippen LogP contribution in [0.2, 0.25) is 0 Å². The Hall–Kier alpha value is -2.61. The second kappa shape index (κ2) is 6.90. The van der Waals surface area contributed by atoms with Crippen molar-refractivity contribution in [2.24, 2.45) is 0 Å². The van der Waals surface area contributed by atoms with Crippen LogP contribution in [0.4, 0.5) is 0 Å². The summed E-state index contributed by atoms with van der Waals surface area (Å²) >= 11 is 0. The number of hydrogen-bond donors (Lipinski definition) is 0. The van der Waals surface area contributed by atoms with Crippen LogP contribution in [0.1, 0.15) is 19.2 Å². The average molecular weight is 289 g/mol. The van der Waals surface area contributed by atoms with E-state index in [0.29, 0.717) is 0 Å². The predicted molar refractivity (Wildman–Crippen MR) is 90.5 cm³/mol.